The fourth-order valence-corrected chi connectivity index (χ4v) is 3.75. The van der Waals surface area contributed by atoms with Gasteiger partial charge in [0.05, 0.1) is 25.5 Å². The van der Waals surface area contributed by atoms with Crippen LogP contribution < -0.4 is 24.3 Å². The second-order valence-corrected chi connectivity index (χ2v) is 7.43. The summed E-state index contributed by atoms with van der Waals surface area (Å²) < 4.78 is 60.5. The Morgan fingerprint density at radius 1 is 1.09 bits per heavy atom. The first kappa shape index (κ1) is 22.1. The van der Waals surface area contributed by atoms with Gasteiger partial charge in [-0.3, -0.25) is 0 Å². The standard InChI is InChI=1S/C22H23F3N2O5/c1-28-18-8-14(19(29-2)21-20(18)30-12-31-21)7-17-9-16(27-32-17)11-26-10-13-4-3-5-15(6-13)22(23,24)25/h3-6,8,17,26H,7,9-12H2,1-2H3/t17-/m0/s1. The number of oxime groups is 1. The largest absolute Gasteiger partial charge is 0.493 e. The summed E-state index contributed by atoms with van der Waals surface area (Å²) >= 11 is 0. The molecule has 0 saturated carbocycles. The van der Waals surface area contributed by atoms with Crippen molar-refractivity contribution >= 4 is 5.71 Å². The number of benzene rings is 2. The van der Waals surface area contributed by atoms with Crippen LogP contribution in [0.5, 0.6) is 23.0 Å². The van der Waals surface area contributed by atoms with E-state index >= 15 is 0 Å². The highest BCUT2D eigenvalue weighted by Gasteiger charge is 2.31. The number of rotatable bonds is 8. The van der Waals surface area contributed by atoms with Crippen molar-refractivity contribution in [2.45, 2.75) is 31.7 Å². The van der Waals surface area contributed by atoms with Crippen molar-refractivity contribution in [3.8, 4) is 23.0 Å². The lowest BCUT2D eigenvalue weighted by Crippen LogP contribution is -2.23. The summed E-state index contributed by atoms with van der Waals surface area (Å²) in [5.74, 6) is 2.13. The maximum atomic E-state index is 12.8. The van der Waals surface area contributed by atoms with E-state index in [0.29, 0.717) is 54.5 Å². The monoisotopic (exact) mass is 452 g/mol. The molecule has 2 heterocycles. The Balaban J connectivity index is 1.33. The molecule has 1 N–H and O–H groups in total. The highest BCUT2D eigenvalue weighted by Crippen LogP contribution is 2.50. The Morgan fingerprint density at radius 2 is 1.91 bits per heavy atom. The van der Waals surface area contributed by atoms with E-state index in [2.05, 4.69) is 10.5 Å². The zero-order chi connectivity index (χ0) is 22.7. The van der Waals surface area contributed by atoms with Crippen molar-refractivity contribution in [3.63, 3.8) is 0 Å². The van der Waals surface area contributed by atoms with Gasteiger partial charge in [-0.25, -0.2) is 0 Å². The molecule has 0 aromatic heterocycles. The molecule has 0 aliphatic carbocycles. The van der Waals surface area contributed by atoms with Gasteiger partial charge in [-0.15, -0.1) is 0 Å². The van der Waals surface area contributed by atoms with Gasteiger partial charge < -0.3 is 29.1 Å². The van der Waals surface area contributed by atoms with Crippen LogP contribution in [0.25, 0.3) is 0 Å². The third kappa shape index (κ3) is 4.69. The third-order valence-corrected chi connectivity index (χ3v) is 5.22. The molecular formula is C22H23F3N2O5. The normalized spacial score (nSPS) is 17.2. The second kappa shape index (κ2) is 9.15. The number of hydrogen-bond acceptors (Lipinski definition) is 7. The first-order valence-corrected chi connectivity index (χ1v) is 10.0. The topological polar surface area (TPSA) is 70.5 Å². The van der Waals surface area contributed by atoms with E-state index in [1.54, 1.807) is 20.3 Å². The summed E-state index contributed by atoms with van der Waals surface area (Å²) in [6.07, 6.45) is -3.48. The molecule has 0 fully saturated rings. The lowest BCUT2D eigenvalue weighted by Gasteiger charge is -2.15. The molecule has 1 atom stereocenters. The number of hydrogen-bond donors (Lipinski definition) is 1. The summed E-state index contributed by atoms with van der Waals surface area (Å²) in [6.45, 7) is 0.797. The summed E-state index contributed by atoms with van der Waals surface area (Å²) in [4.78, 5) is 5.56. The van der Waals surface area contributed by atoms with Crippen LogP contribution >= 0.6 is 0 Å². The van der Waals surface area contributed by atoms with E-state index in [9.17, 15) is 13.2 Å². The number of nitrogens with zero attached hydrogens (tertiary/aromatic N) is 1. The first-order chi connectivity index (χ1) is 15.4. The van der Waals surface area contributed by atoms with Gasteiger partial charge in [0, 0.05) is 31.5 Å². The summed E-state index contributed by atoms with van der Waals surface area (Å²) in [5.41, 5.74) is 1.51. The zero-order valence-electron chi connectivity index (χ0n) is 17.6. The van der Waals surface area contributed by atoms with Gasteiger partial charge in [0.25, 0.3) is 0 Å². The third-order valence-electron chi connectivity index (χ3n) is 5.22. The minimum atomic E-state index is -4.36. The SMILES string of the molecule is COc1cc(C[C@H]2CC(CNCc3cccc(C(F)(F)F)c3)=NO2)c(OC)c2c1OCO2. The highest BCUT2D eigenvalue weighted by molar-refractivity contribution is 5.87. The maximum Gasteiger partial charge on any atom is 0.416 e. The fourth-order valence-electron chi connectivity index (χ4n) is 3.75. The van der Waals surface area contributed by atoms with Crippen LogP contribution in [0, 0.1) is 0 Å². The van der Waals surface area contributed by atoms with Gasteiger partial charge in [-0.05, 0) is 17.7 Å². The van der Waals surface area contributed by atoms with Gasteiger partial charge in [0.15, 0.2) is 11.5 Å². The molecule has 0 radical (unpaired) electrons. The molecule has 2 aliphatic rings. The quantitative estimate of drug-likeness (QED) is 0.655. The molecule has 2 aromatic rings. The van der Waals surface area contributed by atoms with E-state index in [4.69, 9.17) is 23.8 Å². The molecule has 2 aromatic carbocycles. The Hall–Kier alpha value is -3.14. The van der Waals surface area contributed by atoms with Crippen LogP contribution in [-0.2, 0) is 24.0 Å². The van der Waals surface area contributed by atoms with Gasteiger partial charge in [0.2, 0.25) is 18.3 Å². The van der Waals surface area contributed by atoms with Crippen molar-refractivity contribution in [1.29, 1.82) is 0 Å². The Kier molecular flexibility index (Phi) is 6.31. The lowest BCUT2D eigenvalue weighted by molar-refractivity contribution is -0.137. The zero-order valence-corrected chi connectivity index (χ0v) is 17.6. The summed E-state index contributed by atoms with van der Waals surface area (Å²) in [5, 5.41) is 7.24. The number of alkyl halides is 3. The lowest BCUT2D eigenvalue weighted by atomic mass is 10.0. The van der Waals surface area contributed by atoms with E-state index < -0.39 is 11.7 Å². The van der Waals surface area contributed by atoms with Gasteiger partial charge >= 0.3 is 6.18 Å². The summed E-state index contributed by atoms with van der Waals surface area (Å²) in [7, 11) is 3.11. The molecular weight excluding hydrogens is 429 g/mol. The molecule has 172 valence electrons. The van der Waals surface area contributed by atoms with Crippen molar-refractivity contribution in [2.24, 2.45) is 5.16 Å². The van der Waals surface area contributed by atoms with E-state index in [1.807, 2.05) is 6.07 Å². The van der Waals surface area contributed by atoms with E-state index in [0.717, 1.165) is 23.4 Å². The molecule has 2 aliphatic heterocycles. The minimum Gasteiger partial charge on any atom is -0.493 e. The van der Waals surface area contributed by atoms with Crippen LogP contribution in [0.3, 0.4) is 0 Å². The summed E-state index contributed by atoms with van der Waals surface area (Å²) in [6, 6.07) is 7.08. The molecule has 7 nitrogen and oxygen atoms in total. The number of ether oxygens (including phenoxy) is 4. The predicted molar refractivity (Wildman–Crippen MR) is 109 cm³/mol. The molecule has 0 spiro atoms. The van der Waals surface area contributed by atoms with Crippen molar-refractivity contribution in [1.82, 2.24) is 5.32 Å². The molecule has 4 rings (SSSR count). The molecule has 0 saturated heterocycles. The van der Waals surface area contributed by atoms with Crippen molar-refractivity contribution in [2.75, 3.05) is 27.6 Å². The molecule has 10 heteroatoms. The fraction of sp³-hybridized carbons (Fsp3) is 0.409. The van der Waals surface area contributed by atoms with Crippen LogP contribution in [0.2, 0.25) is 0 Å². The average Bonchev–Trinajstić information content (AvgIpc) is 3.43. The molecule has 0 amide bonds. The minimum absolute atomic E-state index is 0.0935. The van der Waals surface area contributed by atoms with Crippen molar-refractivity contribution in [3.05, 3.63) is 47.0 Å². The first-order valence-electron chi connectivity index (χ1n) is 10.0. The Morgan fingerprint density at radius 3 is 2.66 bits per heavy atom. The van der Waals surface area contributed by atoms with Crippen molar-refractivity contribution < 1.29 is 37.0 Å². The van der Waals surface area contributed by atoms with Gasteiger partial charge in [0.1, 0.15) is 6.10 Å². The van der Waals surface area contributed by atoms with Gasteiger partial charge in [-0.2, -0.15) is 13.2 Å². The number of nitrogens with one attached hydrogen (secondary N) is 1. The number of fused-ring (bicyclic) bond motifs is 1. The second-order valence-electron chi connectivity index (χ2n) is 7.43. The Bertz CT molecular complexity index is 1010. The molecule has 32 heavy (non-hydrogen) atoms. The van der Waals surface area contributed by atoms with Crippen LogP contribution in [0.15, 0.2) is 35.5 Å². The average molecular weight is 452 g/mol. The molecule has 0 bridgehead atoms. The number of methoxy groups -OCH3 is 2. The van der Waals surface area contributed by atoms with Crippen LogP contribution in [-0.4, -0.2) is 39.4 Å². The Labute approximate surface area is 183 Å². The highest BCUT2D eigenvalue weighted by atomic mass is 19.4. The maximum absolute atomic E-state index is 12.8. The van der Waals surface area contributed by atoms with Gasteiger partial charge in [-0.1, -0.05) is 23.4 Å². The van der Waals surface area contributed by atoms with Crippen LogP contribution in [0.1, 0.15) is 23.1 Å². The van der Waals surface area contributed by atoms with E-state index in [-0.39, 0.29) is 12.9 Å². The van der Waals surface area contributed by atoms with E-state index in [1.165, 1.54) is 6.07 Å². The van der Waals surface area contributed by atoms with Crippen LogP contribution in [0.4, 0.5) is 13.2 Å². The predicted octanol–water partition coefficient (Wildman–Crippen LogP) is 3.93. The molecule has 0 unspecified atom stereocenters. The number of halogens is 3. The smallest absolute Gasteiger partial charge is 0.416 e.